The maximum Gasteiger partial charge on any atom is 0.0658 e. The van der Waals surface area contributed by atoms with E-state index in [9.17, 15) is 4.21 Å². The molecule has 0 saturated carbocycles. The van der Waals surface area contributed by atoms with Gasteiger partial charge in [0.2, 0.25) is 0 Å². The van der Waals surface area contributed by atoms with Crippen LogP contribution < -0.4 is 0 Å². The summed E-state index contributed by atoms with van der Waals surface area (Å²) >= 11 is 6.21. The van der Waals surface area contributed by atoms with Crippen LogP contribution in [0.15, 0.2) is 41.3 Å². The molecule has 1 nitrogen and oxygen atoms in total. The van der Waals surface area contributed by atoms with Crippen molar-refractivity contribution in [3.8, 4) is 0 Å². The molecule has 1 unspecified atom stereocenters. The van der Waals surface area contributed by atoms with Crippen molar-refractivity contribution in [2.24, 2.45) is 0 Å². The first kappa shape index (κ1) is 12.6. The molecule has 0 fully saturated rings. The second-order valence-corrected chi connectivity index (χ2v) is 7.56. The van der Waals surface area contributed by atoms with Crippen molar-refractivity contribution in [3.05, 3.63) is 41.4 Å². The number of halogens is 1. The van der Waals surface area contributed by atoms with Crippen molar-refractivity contribution in [1.82, 2.24) is 0 Å². The molecule has 0 N–H and O–H groups in total. The molecule has 0 aliphatic rings. The average Bonchev–Trinajstić information content (AvgIpc) is 2.27. The Balaban J connectivity index is 2.76. The minimum atomic E-state index is -1.12. The Morgan fingerprint density at radius 2 is 1.71 bits per heavy atom. The van der Waals surface area contributed by atoms with E-state index in [1.54, 1.807) is 0 Å². The maximum atomic E-state index is 12.5. The van der Waals surface area contributed by atoms with Gasteiger partial charge in [-0.2, -0.15) is 0 Å². The van der Waals surface area contributed by atoms with Crippen molar-refractivity contribution in [1.29, 1.82) is 0 Å². The number of benzene rings is 2. The van der Waals surface area contributed by atoms with Crippen molar-refractivity contribution in [2.45, 2.75) is 30.4 Å². The van der Waals surface area contributed by atoms with E-state index in [1.807, 2.05) is 57.2 Å². The SMILES string of the molecule is CC(C)(C)S(=O)c1c(Cl)ccc2ccccc12. The van der Waals surface area contributed by atoms with Gasteiger partial charge in [-0.15, -0.1) is 0 Å². The fourth-order valence-corrected chi connectivity index (χ4v) is 3.33. The second-order valence-electron chi connectivity index (χ2n) is 4.98. The van der Waals surface area contributed by atoms with E-state index in [4.69, 9.17) is 11.6 Å². The summed E-state index contributed by atoms with van der Waals surface area (Å²) in [4.78, 5) is 0.747. The van der Waals surface area contributed by atoms with Crippen LogP contribution in [-0.2, 0) is 10.8 Å². The Kier molecular flexibility index (Phi) is 3.28. The van der Waals surface area contributed by atoms with Gasteiger partial charge < -0.3 is 0 Å². The van der Waals surface area contributed by atoms with Gasteiger partial charge in [0.1, 0.15) is 0 Å². The molecule has 2 aromatic rings. The lowest BCUT2D eigenvalue weighted by Crippen LogP contribution is -2.22. The summed E-state index contributed by atoms with van der Waals surface area (Å²) in [7, 11) is -1.12. The van der Waals surface area contributed by atoms with Gasteiger partial charge in [0.15, 0.2) is 0 Å². The summed E-state index contributed by atoms with van der Waals surface area (Å²) in [5, 5.41) is 2.63. The highest BCUT2D eigenvalue weighted by Gasteiger charge is 2.24. The molecular weight excluding hydrogens is 252 g/mol. The Morgan fingerprint density at radius 1 is 1.06 bits per heavy atom. The zero-order valence-corrected chi connectivity index (χ0v) is 11.7. The van der Waals surface area contributed by atoms with Crippen LogP contribution in [0.3, 0.4) is 0 Å². The lowest BCUT2D eigenvalue weighted by Gasteiger charge is -2.20. The topological polar surface area (TPSA) is 17.1 Å². The molecule has 17 heavy (non-hydrogen) atoms. The zero-order chi connectivity index (χ0) is 12.6. The summed E-state index contributed by atoms with van der Waals surface area (Å²) in [6, 6.07) is 11.7. The number of fused-ring (bicyclic) bond motifs is 1. The van der Waals surface area contributed by atoms with Gasteiger partial charge in [-0.3, -0.25) is 4.21 Å². The molecule has 0 heterocycles. The van der Waals surface area contributed by atoms with E-state index in [2.05, 4.69) is 0 Å². The smallest absolute Gasteiger partial charge is 0.0658 e. The van der Waals surface area contributed by atoms with Crippen LogP contribution in [-0.4, -0.2) is 8.96 Å². The molecule has 0 aromatic heterocycles. The van der Waals surface area contributed by atoms with Gasteiger partial charge >= 0.3 is 0 Å². The van der Waals surface area contributed by atoms with Gasteiger partial charge in [-0.05, 0) is 37.6 Å². The van der Waals surface area contributed by atoms with Gasteiger partial charge in [0, 0.05) is 4.75 Å². The molecule has 0 aliphatic carbocycles. The van der Waals surface area contributed by atoms with Gasteiger partial charge in [-0.1, -0.05) is 41.9 Å². The highest BCUT2D eigenvalue weighted by molar-refractivity contribution is 7.86. The summed E-state index contributed by atoms with van der Waals surface area (Å²) in [5.41, 5.74) is 0. The van der Waals surface area contributed by atoms with Crippen LogP contribution >= 0.6 is 11.6 Å². The van der Waals surface area contributed by atoms with E-state index in [0.29, 0.717) is 5.02 Å². The molecule has 0 saturated heterocycles. The minimum absolute atomic E-state index is 0.312. The molecule has 0 aliphatic heterocycles. The van der Waals surface area contributed by atoms with Crippen molar-refractivity contribution < 1.29 is 4.21 Å². The molecule has 3 heteroatoms. The van der Waals surface area contributed by atoms with E-state index in [1.165, 1.54) is 0 Å². The first-order valence-corrected chi connectivity index (χ1v) is 7.03. The van der Waals surface area contributed by atoms with Crippen molar-refractivity contribution in [3.63, 3.8) is 0 Å². The predicted molar refractivity (Wildman–Crippen MR) is 75.1 cm³/mol. The van der Waals surface area contributed by atoms with Crippen LogP contribution in [0.2, 0.25) is 5.02 Å². The van der Waals surface area contributed by atoms with Crippen molar-refractivity contribution in [2.75, 3.05) is 0 Å². The van der Waals surface area contributed by atoms with Crippen molar-refractivity contribution >= 4 is 33.2 Å². The van der Waals surface area contributed by atoms with Gasteiger partial charge in [0.05, 0.1) is 20.7 Å². The number of hydrogen-bond acceptors (Lipinski definition) is 1. The first-order valence-electron chi connectivity index (χ1n) is 5.50. The standard InChI is InChI=1S/C14H15ClOS/c1-14(2,3)17(16)13-11-7-5-4-6-10(11)8-9-12(13)15/h4-9H,1-3H3. The van der Waals surface area contributed by atoms with Crippen LogP contribution in [0.25, 0.3) is 10.8 Å². The fraction of sp³-hybridized carbons (Fsp3) is 0.286. The van der Waals surface area contributed by atoms with Crippen LogP contribution in [0.1, 0.15) is 20.8 Å². The Labute approximate surface area is 109 Å². The summed E-state index contributed by atoms with van der Waals surface area (Å²) in [6.07, 6.45) is 0. The predicted octanol–water partition coefficient (Wildman–Crippen LogP) is 4.40. The van der Waals surface area contributed by atoms with Gasteiger partial charge in [-0.25, -0.2) is 0 Å². The maximum absolute atomic E-state index is 12.5. The van der Waals surface area contributed by atoms with E-state index < -0.39 is 10.8 Å². The summed E-state index contributed by atoms with van der Waals surface area (Å²) in [6.45, 7) is 5.88. The largest absolute Gasteiger partial charge is 0.254 e. The lowest BCUT2D eigenvalue weighted by atomic mass is 10.1. The van der Waals surface area contributed by atoms with Crippen LogP contribution in [0.5, 0.6) is 0 Å². The third kappa shape index (κ3) is 2.38. The normalized spacial score (nSPS) is 13.9. The van der Waals surface area contributed by atoms with E-state index in [0.717, 1.165) is 15.7 Å². The number of hydrogen-bond donors (Lipinski definition) is 0. The average molecular weight is 267 g/mol. The lowest BCUT2D eigenvalue weighted by molar-refractivity contribution is 0.650. The molecule has 0 amide bonds. The minimum Gasteiger partial charge on any atom is -0.254 e. The molecule has 0 spiro atoms. The molecule has 1 atom stereocenters. The molecule has 0 radical (unpaired) electrons. The van der Waals surface area contributed by atoms with Crippen LogP contribution in [0.4, 0.5) is 0 Å². The molecule has 90 valence electrons. The Hall–Kier alpha value is -0.860. The Bertz CT molecular complexity index is 584. The van der Waals surface area contributed by atoms with E-state index >= 15 is 0 Å². The monoisotopic (exact) mass is 266 g/mol. The van der Waals surface area contributed by atoms with Gasteiger partial charge in [0.25, 0.3) is 0 Å². The zero-order valence-electron chi connectivity index (χ0n) is 10.2. The third-order valence-electron chi connectivity index (χ3n) is 2.57. The number of rotatable bonds is 1. The molecular formula is C14H15ClOS. The first-order chi connectivity index (χ1) is 7.91. The van der Waals surface area contributed by atoms with Crippen LogP contribution in [0, 0.1) is 0 Å². The summed E-state index contributed by atoms with van der Waals surface area (Å²) in [5.74, 6) is 0. The Morgan fingerprint density at radius 3 is 2.35 bits per heavy atom. The molecule has 2 rings (SSSR count). The quantitative estimate of drug-likeness (QED) is 0.748. The highest BCUT2D eigenvalue weighted by atomic mass is 35.5. The fourth-order valence-electron chi connectivity index (χ4n) is 1.71. The second kappa shape index (κ2) is 4.43. The third-order valence-corrected chi connectivity index (χ3v) is 4.92. The summed E-state index contributed by atoms with van der Waals surface area (Å²) < 4.78 is 12.2. The molecule has 0 bridgehead atoms. The van der Waals surface area contributed by atoms with E-state index in [-0.39, 0.29) is 4.75 Å². The molecule has 2 aromatic carbocycles. The highest BCUT2D eigenvalue weighted by Crippen LogP contribution is 2.33.